The van der Waals surface area contributed by atoms with Crippen molar-refractivity contribution < 1.29 is 18.0 Å². The van der Waals surface area contributed by atoms with Crippen molar-refractivity contribution in [3.05, 3.63) is 34.2 Å². The topological polar surface area (TPSA) is 62.0 Å². The molecule has 1 aromatic heterocycles. The zero-order valence-electron chi connectivity index (χ0n) is 6.68. The van der Waals surface area contributed by atoms with Gasteiger partial charge in [0.1, 0.15) is 5.56 Å². The van der Waals surface area contributed by atoms with Gasteiger partial charge >= 0.3 is 6.30 Å². The Morgan fingerprint density at radius 3 is 2.57 bits per heavy atom. The molecule has 0 spiro atoms. The van der Waals surface area contributed by atoms with Gasteiger partial charge in [0.05, 0.1) is 0 Å². The lowest BCUT2D eigenvalue weighted by Crippen LogP contribution is -2.39. The Morgan fingerprint density at radius 2 is 2.07 bits per heavy atom. The third kappa shape index (κ3) is 2.61. The van der Waals surface area contributed by atoms with Crippen molar-refractivity contribution in [2.24, 2.45) is 0 Å². The van der Waals surface area contributed by atoms with Gasteiger partial charge in [0.15, 0.2) is 0 Å². The van der Waals surface area contributed by atoms with Crippen molar-refractivity contribution in [1.29, 1.82) is 0 Å². The minimum absolute atomic E-state index is 0.579. The van der Waals surface area contributed by atoms with Gasteiger partial charge in [0.25, 0.3) is 11.5 Å². The van der Waals surface area contributed by atoms with Crippen LogP contribution >= 0.6 is 0 Å². The molecule has 0 atom stereocenters. The first-order valence-corrected chi connectivity index (χ1v) is 3.47. The molecule has 1 aromatic rings. The summed E-state index contributed by atoms with van der Waals surface area (Å²) in [5.41, 5.74) is -1.45. The number of carbonyl (C=O) groups is 1. The molecular formula is C7H5F3N2O2. The highest BCUT2D eigenvalue weighted by Crippen LogP contribution is 2.09. The van der Waals surface area contributed by atoms with Gasteiger partial charge in [-0.2, -0.15) is 13.2 Å². The molecule has 0 bridgehead atoms. The molecule has 0 aliphatic carbocycles. The number of hydrogen-bond donors (Lipinski definition) is 2. The van der Waals surface area contributed by atoms with E-state index in [1.165, 1.54) is 12.3 Å². The average Bonchev–Trinajstić information content (AvgIpc) is 2.01. The monoisotopic (exact) mass is 206 g/mol. The van der Waals surface area contributed by atoms with Gasteiger partial charge in [-0.1, -0.05) is 0 Å². The van der Waals surface area contributed by atoms with Crippen LogP contribution in [0.1, 0.15) is 10.4 Å². The highest BCUT2D eigenvalue weighted by Gasteiger charge is 2.31. The van der Waals surface area contributed by atoms with E-state index in [0.717, 1.165) is 11.4 Å². The number of amides is 1. The second-order valence-electron chi connectivity index (χ2n) is 2.36. The zero-order chi connectivity index (χ0) is 10.8. The first kappa shape index (κ1) is 10.3. The minimum atomic E-state index is -4.83. The molecule has 0 saturated heterocycles. The van der Waals surface area contributed by atoms with Crippen molar-refractivity contribution in [2.75, 3.05) is 0 Å². The van der Waals surface area contributed by atoms with Gasteiger partial charge < -0.3 is 4.98 Å². The normalized spacial score (nSPS) is 11.1. The maximum Gasteiger partial charge on any atom is 0.484 e. The van der Waals surface area contributed by atoms with Crippen LogP contribution in [0.5, 0.6) is 0 Å². The summed E-state index contributed by atoms with van der Waals surface area (Å²) in [4.78, 5) is 23.8. The fraction of sp³-hybridized carbons (Fsp3) is 0.143. The number of nitrogens with one attached hydrogen (secondary N) is 2. The van der Waals surface area contributed by atoms with E-state index in [-0.39, 0.29) is 0 Å². The number of alkyl halides is 3. The molecule has 0 aromatic carbocycles. The number of aromatic amines is 1. The van der Waals surface area contributed by atoms with Crippen LogP contribution in [-0.4, -0.2) is 17.2 Å². The lowest BCUT2D eigenvalue weighted by atomic mass is 10.2. The molecular weight excluding hydrogens is 201 g/mol. The second-order valence-corrected chi connectivity index (χ2v) is 2.36. The number of rotatable bonds is 1. The Morgan fingerprint density at radius 1 is 1.43 bits per heavy atom. The van der Waals surface area contributed by atoms with Crippen LogP contribution in [0.2, 0.25) is 0 Å². The number of H-pyrrole nitrogens is 1. The van der Waals surface area contributed by atoms with Crippen LogP contribution in [0.25, 0.3) is 0 Å². The molecule has 0 unspecified atom stereocenters. The first-order chi connectivity index (χ1) is 6.40. The lowest BCUT2D eigenvalue weighted by Gasteiger charge is -2.06. The van der Waals surface area contributed by atoms with Crippen LogP contribution in [0.3, 0.4) is 0 Å². The Labute approximate surface area is 75.8 Å². The molecule has 14 heavy (non-hydrogen) atoms. The van der Waals surface area contributed by atoms with E-state index < -0.39 is 23.3 Å². The summed E-state index contributed by atoms with van der Waals surface area (Å²) in [5.74, 6) is -1.47. The van der Waals surface area contributed by atoms with E-state index in [1.807, 2.05) is 0 Å². The van der Waals surface area contributed by atoms with Crippen LogP contribution in [0.15, 0.2) is 23.1 Å². The van der Waals surface area contributed by atoms with E-state index in [0.29, 0.717) is 0 Å². The molecule has 0 fully saturated rings. The van der Waals surface area contributed by atoms with Crippen molar-refractivity contribution in [3.63, 3.8) is 0 Å². The van der Waals surface area contributed by atoms with Gasteiger partial charge in [-0.25, -0.2) is 0 Å². The molecule has 76 valence electrons. The molecule has 1 amide bonds. The number of carbonyl (C=O) groups excluding carboxylic acids is 1. The summed E-state index contributed by atoms with van der Waals surface area (Å²) in [7, 11) is 0. The standard InChI is InChI=1S/C7H5F3N2O2/c8-7(9,10)12-6(14)4-2-1-3-11-5(4)13/h1-3H,(H,11,13)(H,12,14). The number of pyridine rings is 1. The summed E-state index contributed by atoms with van der Waals surface area (Å²) in [6.45, 7) is 0. The van der Waals surface area contributed by atoms with Crippen LogP contribution in [0, 0.1) is 0 Å². The maximum absolute atomic E-state index is 11.7. The molecule has 4 nitrogen and oxygen atoms in total. The molecule has 0 aliphatic heterocycles. The van der Waals surface area contributed by atoms with E-state index >= 15 is 0 Å². The van der Waals surface area contributed by atoms with Crippen LogP contribution in [-0.2, 0) is 0 Å². The lowest BCUT2D eigenvalue weighted by molar-refractivity contribution is -0.146. The second kappa shape index (κ2) is 3.52. The molecule has 2 N–H and O–H groups in total. The van der Waals surface area contributed by atoms with E-state index in [9.17, 15) is 22.8 Å². The Kier molecular flexibility index (Phi) is 2.59. The third-order valence-electron chi connectivity index (χ3n) is 1.32. The fourth-order valence-corrected chi connectivity index (χ4v) is 0.796. The quantitative estimate of drug-likeness (QED) is 0.662. The van der Waals surface area contributed by atoms with Gasteiger partial charge in [0.2, 0.25) is 0 Å². The highest BCUT2D eigenvalue weighted by molar-refractivity contribution is 5.93. The number of halogens is 3. The molecule has 0 aliphatic rings. The van der Waals surface area contributed by atoms with Crippen molar-refractivity contribution in [1.82, 2.24) is 10.3 Å². The maximum atomic E-state index is 11.7. The van der Waals surface area contributed by atoms with E-state index in [2.05, 4.69) is 4.98 Å². The van der Waals surface area contributed by atoms with Gasteiger partial charge in [-0.05, 0) is 12.1 Å². The Balaban J connectivity index is 2.92. The first-order valence-electron chi connectivity index (χ1n) is 3.47. The summed E-state index contributed by atoms with van der Waals surface area (Å²) in [6.07, 6.45) is -3.62. The van der Waals surface area contributed by atoms with E-state index in [4.69, 9.17) is 0 Å². The molecule has 1 heterocycles. The Hall–Kier alpha value is -1.79. The highest BCUT2D eigenvalue weighted by atomic mass is 19.4. The summed E-state index contributed by atoms with van der Waals surface area (Å²) >= 11 is 0. The van der Waals surface area contributed by atoms with Crippen molar-refractivity contribution in [3.8, 4) is 0 Å². The minimum Gasteiger partial charge on any atom is -0.328 e. The summed E-state index contributed by atoms with van der Waals surface area (Å²) < 4.78 is 35.0. The number of hydrogen-bond acceptors (Lipinski definition) is 2. The average molecular weight is 206 g/mol. The number of aromatic nitrogens is 1. The van der Waals surface area contributed by atoms with E-state index in [1.54, 1.807) is 0 Å². The van der Waals surface area contributed by atoms with Crippen LogP contribution < -0.4 is 10.9 Å². The van der Waals surface area contributed by atoms with Gasteiger partial charge in [-0.15, -0.1) is 0 Å². The predicted molar refractivity (Wildman–Crippen MR) is 40.6 cm³/mol. The largest absolute Gasteiger partial charge is 0.484 e. The molecule has 7 heteroatoms. The zero-order valence-corrected chi connectivity index (χ0v) is 6.68. The summed E-state index contributed by atoms with van der Waals surface area (Å²) in [5, 5.41) is 0.717. The van der Waals surface area contributed by atoms with Gasteiger partial charge in [0, 0.05) is 6.20 Å². The summed E-state index contributed by atoms with van der Waals surface area (Å²) in [6, 6.07) is 2.26. The SMILES string of the molecule is O=C(NC(F)(F)F)c1ccc[nH]c1=O. The Bertz CT molecular complexity index is 396. The fourth-order valence-electron chi connectivity index (χ4n) is 0.796. The van der Waals surface area contributed by atoms with Crippen LogP contribution in [0.4, 0.5) is 13.2 Å². The molecule has 0 saturated carbocycles. The van der Waals surface area contributed by atoms with Crippen molar-refractivity contribution >= 4 is 5.91 Å². The molecule has 0 radical (unpaired) electrons. The predicted octanol–water partition coefficient (Wildman–Crippen LogP) is 0.625. The smallest absolute Gasteiger partial charge is 0.328 e. The van der Waals surface area contributed by atoms with Crippen molar-refractivity contribution in [2.45, 2.75) is 6.30 Å². The van der Waals surface area contributed by atoms with Gasteiger partial charge in [-0.3, -0.25) is 14.9 Å². The molecule has 1 rings (SSSR count). The third-order valence-corrected chi connectivity index (χ3v) is 1.32.